The molecule has 1 amide bonds. The maximum Gasteiger partial charge on any atom is 0.335 e. The highest BCUT2D eigenvalue weighted by Crippen LogP contribution is 2.23. The van der Waals surface area contributed by atoms with Gasteiger partial charge in [-0.1, -0.05) is 13.8 Å². The molecule has 2 rings (SSSR count). The number of carboxylic acids is 1. The first-order chi connectivity index (χ1) is 9.93. The number of nitrogens with one attached hydrogen (secondary N) is 1. The molecule has 0 radical (unpaired) electrons. The van der Waals surface area contributed by atoms with Crippen LogP contribution in [0.25, 0.3) is 11.0 Å². The van der Waals surface area contributed by atoms with Crippen LogP contribution < -0.4 is 5.32 Å². The molecular formula is C15H19N3O3. The number of nitrogens with zero attached hydrogens (tertiary/aromatic N) is 2. The first-order valence-corrected chi connectivity index (χ1v) is 6.94. The molecule has 2 N–H and O–H groups in total. The van der Waals surface area contributed by atoms with E-state index in [0.29, 0.717) is 12.1 Å². The van der Waals surface area contributed by atoms with E-state index in [1.54, 1.807) is 6.07 Å². The summed E-state index contributed by atoms with van der Waals surface area (Å²) in [6.07, 6.45) is 0. The van der Waals surface area contributed by atoms with E-state index >= 15 is 0 Å². The number of carboxylic acid groups (broad SMARTS) is 1. The van der Waals surface area contributed by atoms with E-state index in [2.05, 4.69) is 10.3 Å². The monoisotopic (exact) mass is 289 g/mol. The van der Waals surface area contributed by atoms with Crippen LogP contribution in [0.2, 0.25) is 0 Å². The molecule has 0 saturated heterocycles. The summed E-state index contributed by atoms with van der Waals surface area (Å²) in [4.78, 5) is 27.4. The van der Waals surface area contributed by atoms with Gasteiger partial charge in [-0.05, 0) is 25.1 Å². The van der Waals surface area contributed by atoms with Crippen molar-refractivity contribution in [2.24, 2.45) is 0 Å². The molecule has 0 spiro atoms. The van der Waals surface area contributed by atoms with Crippen molar-refractivity contribution in [2.75, 3.05) is 6.54 Å². The second kappa shape index (κ2) is 5.95. The minimum absolute atomic E-state index is 0.0824. The van der Waals surface area contributed by atoms with Crippen molar-refractivity contribution in [1.29, 1.82) is 0 Å². The number of aromatic carboxylic acids is 1. The second-order valence-electron chi connectivity index (χ2n) is 5.17. The van der Waals surface area contributed by atoms with Crippen LogP contribution >= 0.6 is 0 Å². The van der Waals surface area contributed by atoms with Crippen LogP contribution in [0, 0.1) is 0 Å². The lowest BCUT2D eigenvalue weighted by molar-refractivity contribution is -0.121. The lowest BCUT2D eigenvalue weighted by Gasteiger charge is -2.11. The zero-order chi connectivity index (χ0) is 15.6. The summed E-state index contributed by atoms with van der Waals surface area (Å²) < 4.78 is 1.84. The molecule has 0 unspecified atom stereocenters. The molecule has 0 aliphatic heterocycles. The Morgan fingerprint density at radius 3 is 2.67 bits per heavy atom. The van der Waals surface area contributed by atoms with Crippen LogP contribution in [0.4, 0.5) is 0 Å². The number of fused-ring (bicyclic) bond motifs is 1. The molecule has 1 aromatic carbocycles. The quantitative estimate of drug-likeness (QED) is 0.881. The molecule has 6 nitrogen and oxygen atoms in total. The SMILES string of the molecule is CCNC(=O)Cn1c(C(C)C)nc2cc(C(=O)O)ccc21. The Balaban J connectivity index is 2.52. The second-order valence-corrected chi connectivity index (χ2v) is 5.17. The molecule has 6 heteroatoms. The van der Waals surface area contributed by atoms with Crippen LogP contribution in [-0.2, 0) is 11.3 Å². The van der Waals surface area contributed by atoms with Crippen molar-refractivity contribution < 1.29 is 14.7 Å². The van der Waals surface area contributed by atoms with E-state index < -0.39 is 5.97 Å². The third-order valence-corrected chi connectivity index (χ3v) is 3.22. The summed E-state index contributed by atoms with van der Waals surface area (Å²) in [7, 11) is 0. The number of rotatable bonds is 5. The standard InChI is InChI=1S/C15H19N3O3/c1-4-16-13(19)8-18-12-6-5-10(15(20)21)7-11(12)17-14(18)9(2)3/h5-7,9H,4,8H2,1-3H3,(H,16,19)(H,20,21). The molecule has 0 saturated carbocycles. The van der Waals surface area contributed by atoms with Gasteiger partial charge in [0.2, 0.25) is 5.91 Å². The summed E-state index contributed by atoms with van der Waals surface area (Å²) in [5.74, 6) is -0.152. The largest absolute Gasteiger partial charge is 0.478 e. The smallest absolute Gasteiger partial charge is 0.335 e. The average molecular weight is 289 g/mol. The third kappa shape index (κ3) is 3.04. The van der Waals surface area contributed by atoms with E-state index in [-0.39, 0.29) is 23.9 Å². The van der Waals surface area contributed by atoms with Crippen molar-refractivity contribution in [3.8, 4) is 0 Å². The third-order valence-electron chi connectivity index (χ3n) is 3.22. The Bertz CT molecular complexity index is 689. The highest BCUT2D eigenvalue weighted by atomic mass is 16.4. The predicted molar refractivity (Wildman–Crippen MR) is 79.5 cm³/mol. The van der Waals surface area contributed by atoms with E-state index in [1.165, 1.54) is 12.1 Å². The fraction of sp³-hybridized carbons (Fsp3) is 0.400. The number of imidazole rings is 1. The van der Waals surface area contributed by atoms with Crippen LogP contribution in [-0.4, -0.2) is 33.1 Å². The van der Waals surface area contributed by atoms with Crippen molar-refractivity contribution in [3.63, 3.8) is 0 Å². The first-order valence-electron chi connectivity index (χ1n) is 6.94. The zero-order valence-electron chi connectivity index (χ0n) is 12.4. The Kier molecular flexibility index (Phi) is 4.26. The highest BCUT2D eigenvalue weighted by Gasteiger charge is 2.17. The van der Waals surface area contributed by atoms with Gasteiger partial charge >= 0.3 is 5.97 Å². The van der Waals surface area contributed by atoms with Crippen molar-refractivity contribution in [2.45, 2.75) is 33.2 Å². The Morgan fingerprint density at radius 2 is 2.10 bits per heavy atom. The van der Waals surface area contributed by atoms with Crippen LogP contribution in [0.5, 0.6) is 0 Å². The highest BCUT2D eigenvalue weighted by molar-refractivity contribution is 5.92. The number of hydrogen-bond acceptors (Lipinski definition) is 3. The van der Waals surface area contributed by atoms with Gasteiger partial charge in [0.15, 0.2) is 0 Å². The van der Waals surface area contributed by atoms with Crippen molar-refractivity contribution in [3.05, 3.63) is 29.6 Å². The van der Waals surface area contributed by atoms with Gasteiger partial charge in [0.25, 0.3) is 0 Å². The van der Waals surface area contributed by atoms with Crippen molar-refractivity contribution in [1.82, 2.24) is 14.9 Å². The lowest BCUT2D eigenvalue weighted by atomic mass is 10.2. The maximum atomic E-state index is 11.9. The van der Waals surface area contributed by atoms with Crippen molar-refractivity contribution >= 4 is 22.9 Å². The molecule has 0 aliphatic carbocycles. The van der Waals surface area contributed by atoms with E-state index in [4.69, 9.17) is 5.11 Å². The lowest BCUT2D eigenvalue weighted by Crippen LogP contribution is -2.28. The fourth-order valence-corrected chi connectivity index (χ4v) is 2.29. The van der Waals surface area contributed by atoms with Gasteiger partial charge < -0.3 is 15.0 Å². The number of carbonyl (C=O) groups is 2. The van der Waals surface area contributed by atoms with Gasteiger partial charge in [-0.15, -0.1) is 0 Å². The molecule has 0 bridgehead atoms. The number of aromatic nitrogens is 2. The zero-order valence-corrected chi connectivity index (χ0v) is 12.4. The van der Waals surface area contributed by atoms with Gasteiger partial charge in [-0.3, -0.25) is 4.79 Å². The van der Waals surface area contributed by atoms with Gasteiger partial charge in [0, 0.05) is 12.5 Å². The predicted octanol–water partition coefficient (Wildman–Crippen LogP) is 1.99. The molecule has 1 heterocycles. The van der Waals surface area contributed by atoms with E-state index in [1.807, 2.05) is 25.3 Å². The van der Waals surface area contributed by atoms with Gasteiger partial charge in [0.1, 0.15) is 12.4 Å². The van der Waals surface area contributed by atoms with Gasteiger partial charge in [0.05, 0.1) is 16.6 Å². The molecule has 2 aromatic rings. The molecular weight excluding hydrogens is 270 g/mol. The van der Waals surface area contributed by atoms with E-state index in [9.17, 15) is 9.59 Å². The molecule has 0 fully saturated rings. The number of carbonyl (C=O) groups excluding carboxylic acids is 1. The first kappa shape index (κ1) is 15.0. The average Bonchev–Trinajstić information content (AvgIpc) is 2.77. The summed E-state index contributed by atoms with van der Waals surface area (Å²) in [5, 5.41) is 11.8. The number of benzene rings is 1. The number of amides is 1. The van der Waals surface area contributed by atoms with Crippen LogP contribution in [0.3, 0.4) is 0 Å². The van der Waals surface area contributed by atoms with Gasteiger partial charge in [-0.25, -0.2) is 9.78 Å². The number of hydrogen-bond donors (Lipinski definition) is 2. The molecule has 0 aliphatic rings. The normalized spacial score (nSPS) is 11.0. The molecule has 112 valence electrons. The van der Waals surface area contributed by atoms with Gasteiger partial charge in [-0.2, -0.15) is 0 Å². The maximum absolute atomic E-state index is 11.9. The number of likely N-dealkylation sites (N-methyl/N-ethyl adjacent to an activating group) is 1. The van der Waals surface area contributed by atoms with E-state index in [0.717, 1.165) is 11.3 Å². The molecule has 21 heavy (non-hydrogen) atoms. The minimum atomic E-state index is -0.985. The van der Waals surface area contributed by atoms with Crippen LogP contribution in [0.1, 0.15) is 42.9 Å². The fourth-order valence-electron chi connectivity index (χ4n) is 2.29. The minimum Gasteiger partial charge on any atom is -0.478 e. The Labute approximate surface area is 122 Å². The summed E-state index contributed by atoms with van der Waals surface area (Å²) in [6.45, 7) is 6.61. The Morgan fingerprint density at radius 1 is 1.38 bits per heavy atom. The molecule has 0 atom stereocenters. The summed E-state index contributed by atoms with van der Waals surface area (Å²) in [6, 6.07) is 4.78. The summed E-state index contributed by atoms with van der Waals surface area (Å²) in [5.41, 5.74) is 1.57. The summed E-state index contributed by atoms with van der Waals surface area (Å²) >= 11 is 0. The molecule has 1 aromatic heterocycles. The Hall–Kier alpha value is -2.37. The topological polar surface area (TPSA) is 84.2 Å². The van der Waals surface area contributed by atoms with Crippen LogP contribution in [0.15, 0.2) is 18.2 Å².